The zero-order valence-corrected chi connectivity index (χ0v) is 9.59. The molecule has 0 aromatic carbocycles. The molecule has 1 fully saturated rings. The predicted molar refractivity (Wildman–Crippen MR) is 60.2 cm³/mol. The fourth-order valence-corrected chi connectivity index (χ4v) is 2.10. The van der Waals surface area contributed by atoms with E-state index in [2.05, 4.69) is 5.32 Å². The molecule has 1 atom stereocenters. The molecule has 6 heteroatoms. The molecule has 1 rings (SSSR count). The quantitative estimate of drug-likeness (QED) is 0.716. The zero-order valence-electron chi connectivity index (χ0n) is 7.96. The monoisotopic (exact) mass is 236 g/mol. The van der Waals surface area contributed by atoms with Gasteiger partial charge in [0, 0.05) is 0 Å². The molecule has 1 saturated heterocycles. The average molecular weight is 236 g/mol. The topological polar surface area (TPSA) is 32.3 Å². The highest BCUT2D eigenvalue weighted by molar-refractivity contribution is 7.98. The van der Waals surface area contributed by atoms with Crippen molar-refractivity contribution in [3.8, 4) is 0 Å². The molecule has 80 valence electrons. The summed E-state index contributed by atoms with van der Waals surface area (Å²) in [7, 11) is 0. The molecule has 0 aromatic rings. The Kier molecular flexibility index (Phi) is 4.60. The van der Waals surface area contributed by atoms with Gasteiger partial charge in [-0.3, -0.25) is 9.69 Å². The lowest BCUT2D eigenvalue weighted by molar-refractivity contribution is -0.127. The highest BCUT2D eigenvalue weighted by Gasteiger charge is 2.34. The molecule has 1 heterocycles. The molecule has 0 aromatic heterocycles. The van der Waals surface area contributed by atoms with Gasteiger partial charge in [0.15, 0.2) is 5.11 Å². The number of thioether (sulfide) groups is 1. The number of alkyl halides is 1. The van der Waals surface area contributed by atoms with E-state index in [4.69, 9.17) is 12.2 Å². The summed E-state index contributed by atoms with van der Waals surface area (Å²) in [4.78, 5) is 12.9. The highest BCUT2D eigenvalue weighted by Crippen LogP contribution is 2.11. The number of nitrogens with zero attached hydrogens (tertiary/aromatic N) is 1. The van der Waals surface area contributed by atoms with Crippen molar-refractivity contribution in [3.63, 3.8) is 0 Å². The van der Waals surface area contributed by atoms with Crippen molar-refractivity contribution in [2.75, 3.05) is 25.2 Å². The van der Waals surface area contributed by atoms with Crippen molar-refractivity contribution in [2.24, 2.45) is 0 Å². The van der Waals surface area contributed by atoms with Gasteiger partial charge in [0.1, 0.15) is 12.7 Å². The molecule has 1 unspecified atom stereocenters. The van der Waals surface area contributed by atoms with Gasteiger partial charge >= 0.3 is 0 Å². The molecular weight excluding hydrogens is 223 g/mol. The maximum absolute atomic E-state index is 12.1. The van der Waals surface area contributed by atoms with Crippen LogP contribution in [0.25, 0.3) is 0 Å². The minimum absolute atomic E-state index is 0.0699. The summed E-state index contributed by atoms with van der Waals surface area (Å²) in [5, 5.41) is 3.26. The Morgan fingerprint density at radius 3 is 3.00 bits per heavy atom. The van der Waals surface area contributed by atoms with Crippen molar-refractivity contribution in [2.45, 2.75) is 12.5 Å². The van der Waals surface area contributed by atoms with E-state index in [0.717, 1.165) is 12.2 Å². The highest BCUT2D eigenvalue weighted by atomic mass is 32.2. The molecule has 1 N–H and O–H groups in total. The van der Waals surface area contributed by atoms with Crippen molar-refractivity contribution < 1.29 is 9.18 Å². The number of nitrogens with one attached hydrogen (secondary N) is 1. The Balaban J connectivity index is 2.51. The minimum atomic E-state index is -0.553. The molecule has 3 nitrogen and oxygen atoms in total. The number of hydrogen-bond acceptors (Lipinski definition) is 3. The summed E-state index contributed by atoms with van der Waals surface area (Å²) in [6, 6.07) is -0.249. The van der Waals surface area contributed by atoms with Gasteiger partial charge in [-0.05, 0) is 30.6 Å². The van der Waals surface area contributed by atoms with Gasteiger partial charge in [-0.15, -0.1) is 0 Å². The van der Waals surface area contributed by atoms with Crippen molar-refractivity contribution in [3.05, 3.63) is 0 Å². The lowest BCUT2D eigenvalue weighted by Crippen LogP contribution is -2.33. The van der Waals surface area contributed by atoms with E-state index >= 15 is 0 Å². The van der Waals surface area contributed by atoms with Crippen LogP contribution in [0.1, 0.15) is 6.42 Å². The fraction of sp³-hybridized carbons (Fsp3) is 0.750. The number of halogens is 1. The third kappa shape index (κ3) is 2.57. The van der Waals surface area contributed by atoms with Crippen molar-refractivity contribution >= 4 is 35.0 Å². The maximum atomic E-state index is 12.1. The summed E-state index contributed by atoms with van der Waals surface area (Å²) in [5.41, 5.74) is 0. The van der Waals surface area contributed by atoms with Crippen LogP contribution in [0.4, 0.5) is 4.39 Å². The lowest BCUT2D eigenvalue weighted by atomic mass is 10.2. The number of amides is 1. The second-order valence-electron chi connectivity index (χ2n) is 2.96. The molecule has 1 aliphatic heterocycles. The minimum Gasteiger partial charge on any atom is -0.350 e. The molecule has 1 amide bonds. The summed E-state index contributed by atoms with van der Waals surface area (Å²) in [5.74, 6) is 0.803. The zero-order chi connectivity index (χ0) is 10.6. The summed E-state index contributed by atoms with van der Waals surface area (Å²) < 4.78 is 12.1. The normalized spacial score (nSPS) is 21.6. The Morgan fingerprint density at radius 2 is 2.43 bits per heavy atom. The van der Waals surface area contributed by atoms with Crippen LogP contribution in [-0.2, 0) is 4.79 Å². The Morgan fingerprint density at radius 1 is 1.71 bits per heavy atom. The van der Waals surface area contributed by atoms with Crippen molar-refractivity contribution in [1.82, 2.24) is 10.2 Å². The molecule has 0 aliphatic carbocycles. The number of hydrogen-bond donors (Lipinski definition) is 1. The fourth-order valence-electron chi connectivity index (χ4n) is 1.30. The average Bonchev–Trinajstić information content (AvgIpc) is 2.43. The summed E-state index contributed by atoms with van der Waals surface area (Å²) in [6.07, 6.45) is 2.72. The number of thiocarbonyl (C=S) groups is 1. The molecule has 0 spiro atoms. The van der Waals surface area contributed by atoms with E-state index in [1.165, 1.54) is 4.90 Å². The second kappa shape index (κ2) is 5.50. The molecule has 1 aliphatic rings. The van der Waals surface area contributed by atoms with E-state index < -0.39 is 6.67 Å². The van der Waals surface area contributed by atoms with Crippen LogP contribution in [0.15, 0.2) is 0 Å². The van der Waals surface area contributed by atoms with Gasteiger partial charge in [0.2, 0.25) is 0 Å². The smallest absolute Gasteiger partial charge is 0.251 e. The third-order valence-corrected chi connectivity index (χ3v) is 3.01. The maximum Gasteiger partial charge on any atom is 0.251 e. The van der Waals surface area contributed by atoms with Gasteiger partial charge in [0.05, 0.1) is 6.54 Å². The molecular formula is C8H13FN2OS2. The standard InChI is InChI=1S/C8H13FN2OS2/c1-14-5-2-6-7(12)11(4-3-9)8(13)10-6/h6H,2-5H2,1H3,(H,10,13). The van der Waals surface area contributed by atoms with E-state index in [9.17, 15) is 9.18 Å². The van der Waals surface area contributed by atoms with Gasteiger partial charge < -0.3 is 5.32 Å². The van der Waals surface area contributed by atoms with Gasteiger partial charge in [-0.25, -0.2) is 4.39 Å². The number of carbonyl (C=O) groups is 1. The molecule has 0 radical (unpaired) electrons. The van der Waals surface area contributed by atoms with E-state index in [0.29, 0.717) is 5.11 Å². The van der Waals surface area contributed by atoms with Gasteiger partial charge in [0.25, 0.3) is 5.91 Å². The van der Waals surface area contributed by atoms with Crippen molar-refractivity contribution in [1.29, 1.82) is 0 Å². The molecule has 14 heavy (non-hydrogen) atoms. The van der Waals surface area contributed by atoms with Gasteiger partial charge in [-0.2, -0.15) is 11.8 Å². The number of carbonyl (C=O) groups excluding carboxylic acids is 1. The lowest BCUT2D eigenvalue weighted by Gasteiger charge is -2.11. The Hall–Kier alpha value is -0.360. The van der Waals surface area contributed by atoms with E-state index in [-0.39, 0.29) is 18.5 Å². The largest absolute Gasteiger partial charge is 0.350 e. The summed E-state index contributed by atoms with van der Waals surface area (Å²) in [6.45, 7) is -0.483. The van der Waals surface area contributed by atoms with E-state index in [1.807, 2.05) is 6.26 Å². The Labute approximate surface area is 92.4 Å². The second-order valence-corrected chi connectivity index (χ2v) is 4.33. The van der Waals surface area contributed by atoms with E-state index in [1.54, 1.807) is 11.8 Å². The third-order valence-electron chi connectivity index (χ3n) is 2.03. The first kappa shape index (κ1) is 11.7. The van der Waals surface area contributed by atoms with Crippen LogP contribution in [0.3, 0.4) is 0 Å². The van der Waals surface area contributed by atoms with Gasteiger partial charge in [-0.1, -0.05) is 0 Å². The van der Waals surface area contributed by atoms with Crippen LogP contribution < -0.4 is 5.32 Å². The summed E-state index contributed by atoms with van der Waals surface area (Å²) >= 11 is 6.61. The van der Waals surface area contributed by atoms with Crippen LogP contribution in [0.2, 0.25) is 0 Å². The SMILES string of the molecule is CSCCC1NC(=S)N(CCF)C1=O. The first-order valence-electron chi connectivity index (χ1n) is 4.37. The Bertz CT molecular complexity index is 237. The predicted octanol–water partition coefficient (Wildman–Crippen LogP) is 0.794. The first-order chi connectivity index (χ1) is 6.70. The number of rotatable bonds is 5. The first-order valence-corrected chi connectivity index (χ1v) is 6.17. The van der Waals surface area contributed by atoms with Crippen LogP contribution in [0, 0.1) is 0 Å². The molecule has 0 bridgehead atoms. The van der Waals surface area contributed by atoms with Crippen LogP contribution in [-0.4, -0.2) is 47.2 Å². The van der Waals surface area contributed by atoms with Crippen LogP contribution in [0.5, 0.6) is 0 Å². The molecule has 0 saturated carbocycles. The van der Waals surface area contributed by atoms with Crippen LogP contribution >= 0.6 is 24.0 Å².